The molecule has 0 saturated carbocycles. The Balaban J connectivity index is 4.29. The summed E-state index contributed by atoms with van der Waals surface area (Å²) >= 11 is 3.28. The van der Waals surface area contributed by atoms with Gasteiger partial charge >= 0.3 is 6.09 Å². The molecule has 0 aliphatic carbocycles. The van der Waals surface area contributed by atoms with Gasteiger partial charge in [-0.25, -0.2) is 4.79 Å². The van der Waals surface area contributed by atoms with Crippen molar-refractivity contribution in [2.75, 3.05) is 6.54 Å². The third kappa shape index (κ3) is 7.33. The lowest BCUT2D eigenvalue weighted by Crippen LogP contribution is -2.45. The third-order valence-corrected chi connectivity index (χ3v) is 2.69. The molecular formula is C11H21BrN2O3. The Bertz CT molecular complexity index is 285. The summed E-state index contributed by atoms with van der Waals surface area (Å²) in [5.74, 6) is -0.416. The van der Waals surface area contributed by atoms with Crippen LogP contribution in [-0.2, 0) is 9.53 Å². The number of rotatable bonds is 4. The predicted octanol–water partition coefficient (Wildman–Crippen LogP) is 1.93. The van der Waals surface area contributed by atoms with Crippen LogP contribution in [0.15, 0.2) is 0 Å². The van der Waals surface area contributed by atoms with E-state index in [4.69, 9.17) is 10.5 Å². The highest BCUT2D eigenvalue weighted by molar-refractivity contribution is 9.10. The van der Waals surface area contributed by atoms with Crippen LogP contribution in [0.1, 0.15) is 40.5 Å². The Morgan fingerprint density at radius 3 is 2.24 bits per heavy atom. The second-order valence-corrected chi connectivity index (χ2v) is 6.80. The average molecular weight is 309 g/mol. The van der Waals surface area contributed by atoms with E-state index in [0.717, 1.165) is 0 Å². The van der Waals surface area contributed by atoms with E-state index in [9.17, 15) is 9.59 Å². The van der Waals surface area contributed by atoms with Gasteiger partial charge in [-0.15, -0.1) is 0 Å². The lowest BCUT2D eigenvalue weighted by Gasteiger charge is -2.23. The molecule has 0 aliphatic rings. The SMILES string of the molecule is CC(C)(C)OC(=O)NC(=O)C(C)(Br)CCCN. The highest BCUT2D eigenvalue weighted by atomic mass is 79.9. The van der Waals surface area contributed by atoms with E-state index in [1.165, 1.54) is 0 Å². The fourth-order valence-corrected chi connectivity index (χ4v) is 1.45. The summed E-state index contributed by atoms with van der Waals surface area (Å²) in [7, 11) is 0. The van der Waals surface area contributed by atoms with Crippen LogP contribution in [0, 0.1) is 0 Å². The maximum atomic E-state index is 11.8. The number of nitrogens with two attached hydrogens (primary N) is 1. The van der Waals surface area contributed by atoms with Crippen molar-refractivity contribution in [1.29, 1.82) is 0 Å². The fraction of sp³-hybridized carbons (Fsp3) is 0.818. The van der Waals surface area contributed by atoms with Crippen LogP contribution in [-0.4, -0.2) is 28.5 Å². The molecule has 0 radical (unpaired) electrons. The first-order valence-corrected chi connectivity index (χ1v) is 6.31. The summed E-state index contributed by atoms with van der Waals surface area (Å²) < 4.78 is 4.19. The largest absolute Gasteiger partial charge is 0.444 e. The van der Waals surface area contributed by atoms with Crippen LogP contribution in [0.5, 0.6) is 0 Å². The van der Waals surface area contributed by atoms with E-state index in [2.05, 4.69) is 21.2 Å². The highest BCUT2D eigenvalue weighted by Crippen LogP contribution is 2.23. The van der Waals surface area contributed by atoms with E-state index in [-0.39, 0.29) is 0 Å². The second-order valence-electron chi connectivity index (χ2n) is 5.05. The number of halogens is 1. The van der Waals surface area contributed by atoms with Gasteiger partial charge in [0.05, 0.1) is 0 Å². The summed E-state index contributed by atoms with van der Waals surface area (Å²) in [5, 5.41) is 2.20. The van der Waals surface area contributed by atoms with Crippen LogP contribution in [0.2, 0.25) is 0 Å². The van der Waals surface area contributed by atoms with Crippen molar-refractivity contribution in [3.05, 3.63) is 0 Å². The zero-order valence-electron chi connectivity index (χ0n) is 10.8. The zero-order valence-corrected chi connectivity index (χ0v) is 12.4. The number of nitrogens with one attached hydrogen (secondary N) is 1. The van der Waals surface area contributed by atoms with Crippen LogP contribution >= 0.6 is 15.9 Å². The first kappa shape index (κ1) is 16.4. The molecule has 0 aliphatic heterocycles. The monoisotopic (exact) mass is 308 g/mol. The van der Waals surface area contributed by atoms with Crippen LogP contribution in [0.4, 0.5) is 4.79 Å². The van der Waals surface area contributed by atoms with Crippen molar-refractivity contribution < 1.29 is 14.3 Å². The molecule has 100 valence electrons. The third-order valence-electron chi connectivity index (χ3n) is 1.94. The van der Waals surface area contributed by atoms with Crippen molar-refractivity contribution in [1.82, 2.24) is 5.32 Å². The first-order valence-electron chi connectivity index (χ1n) is 5.52. The smallest absolute Gasteiger partial charge is 0.414 e. The number of hydrogen-bond donors (Lipinski definition) is 2. The number of amides is 2. The van der Waals surface area contributed by atoms with Crippen LogP contribution < -0.4 is 11.1 Å². The Hall–Kier alpha value is -0.620. The van der Waals surface area contributed by atoms with Gasteiger partial charge in [0, 0.05) is 0 Å². The van der Waals surface area contributed by atoms with Gasteiger partial charge in [-0.2, -0.15) is 0 Å². The molecule has 6 heteroatoms. The van der Waals surface area contributed by atoms with Gasteiger partial charge < -0.3 is 10.5 Å². The van der Waals surface area contributed by atoms with Gasteiger partial charge in [0.1, 0.15) is 9.93 Å². The minimum absolute atomic E-state index is 0.416. The molecule has 1 unspecified atom stereocenters. The van der Waals surface area contributed by atoms with Crippen molar-refractivity contribution in [2.24, 2.45) is 5.73 Å². The molecule has 0 aromatic rings. The number of carbonyl (C=O) groups excluding carboxylic acids is 2. The van der Waals surface area contributed by atoms with Gasteiger partial charge in [0.15, 0.2) is 0 Å². The molecule has 0 aromatic heterocycles. The molecule has 0 rings (SSSR count). The Kier molecular flexibility index (Phi) is 6.12. The van der Waals surface area contributed by atoms with Gasteiger partial charge in [-0.05, 0) is 47.1 Å². The van der Waals surface area contributed by atoms with Crippen molar-refractivity contribution in [3.63, 3.8) is 0 Å². The summed E-state index contributed by atoms with van der Waals surface area (Å²) in [6.45, 7) is 7.40. The van der Waals surface area contributed by atoms with Crippen molar-refractivity contribution in [2.45, 2.75) is 50.5 Å². The van der Waals surface area contributed by atoms with Crippen molar-refractivity contribution >= 4 is 27.9 Å². The fourth-order valence-electron chi connectivity index (χ4n) is 1.07. The molecule has 0 fully saturated rings. The number of alkyl carbamates (subject to hydrolysis) is 1. The van der Waals surface area contributed by atoms with E-state index >= 15 is 0 Å². The van der Waals surface area contributed by atoms with E-state index < -0.39 is 21.9 Å². The maximum absolute atomic E-state index is 11.8. The number of carbonyl (C=O) groups is 2. The number of alkyl halides is 1. The van der Waals surface area contributed by atoms with E-state index in [0.29, 0.717) is 19.4 Å². The molecule has 3 N–H and O–H groups in total. The molecule has 5 nitrogen and oxygen atoms in total. The Morgan fingerprint density at radius 2 is 1.82 bits per heavy atom. The quantitative estimate of drug-likeness (QED) is 0.778. The topological polar surface area (TPSA) is 81.4 Å². The minimum Gasteiger partial charge on any atom is -0.444 e. The highest BCUT2D eigenvalue weighted by Gasteiger charge is 2.31. The maximum Gasteiger partial charge on any atom is 0.414 e. The molecule has 0 aromatic carbocycles. The molecule has 0 saturated heterocycles. The zero-order chi connectivity index (χ0) is 13.7. The molecule has 0 bridgehead atoms. The first-order chi connectivity index (χ1) is 7.58. The van der Waals surface area contributed by atoms with E-state index in [1.807, 2.05) is 0 Å². The predicted molar refractivity (Wildman–Crippen MR) is 70.0 cm³/mol. The lowest BCUT2D eigenvalue weighted by molar-refractivity contribution is -0.122. The van der Waals surface area contributed by atoms with E-state index in [1.54, 1.807) is 27.7 Å². The van der Waals surface area contributed by atoms with Crippen LogP contribution in [0.25, 0.3) is 0 Å². The summed E-state index contributed by atoms with van der Waals surface area (Å²) in [5.41, 5.74) is 4.76. The van der Waals surface area contributed by atoms with Gasteiger partial charge in [0.25, 0.3) is 0 Å². The normalized spacial score (nSPS) is 14.9. The summed E-state index contributed by atoms with van der Waals surface area (Å²) in [6, 6.07) is 0. The van der Waals surface area contributed by atoms with Gasteiger partial charge in [-0.3, -0.25) is 10.1 Å². The molecular weight excluding hydrogens is 288 g/mol. The molecule has 0 heterocycles. The lowest BCUT2D eigenvalue weighted by atomic mass is 10.0. The molecule has 1 atom stereocenters. The minimum atomic E-state index is -0.802. The van der Waals surface area contributed by atoms with Crippen molar-refractivity contribution in [3.8, 4) is 0 Å². The Labute approximate surface area is 111 Å². The molecule has 0 spiro atoms. The summed E-state index contributed by atoms with van der Waals surface area (Å²) in [4.78, 5) is 23.2. The molecule has 2 amide bonds. The number of imide groups is 1. The number of hydrogen-bond acceptors (Lipinski definition) is 4. The summed E-state index contributed by atoms with van der Waals surface area (Å²) in [6.07, 6.45) is 0.516. The number of ether oxygens (including phenoxy) is 1. The molecule has 17 heavy (non-hydrogen) atoms. The standard InChI is InChI=1S/C11H21BrN2O3/c1-10(2,3)17-9(16)14-8(15)11(4,12)6-5-7-13/h5-7,13H2,1-4H3,(H,14,15,16). The van der Waals surface area contributed by atoms with Gasteiger partial charge in [0.2, 0.25) is 5.91 Å². The second kappa shape index (κ2) is 6.35. The average Bonchev–Trinajstić information content (AvgIpc) is 2.11. The Morgan fingerprint density at radius 1 is 1.29 bits per heavy atom. The van der Waals surface area contributed by atoms with Gasteiger partial charge in [-0.1, -0.05) is 15.9 Å². The van der Waals surface area contributed by atoms with Crippen LogP contribution in [0.3, 0.4) is 0 Å².